The maximum Gasteiger partial charge on any atom is 0.267 e. The fourth-order valence-electron chi connectivity index (χ4n) is 2.75. The van der Waals surface area contributed by atoms with E-state index in [9.17, 15) is 13.2 Å². The van der Waals surface area contributed by atoms with Gasteiger partial charge in [0.15, 0.2) is 0 Å². The Bertz CT molecular complexity index is 604. The smallest absolute Gasteiger partial charge is 0.267 e. The van der Waals surface area contributed by atoms with Gasteiger partial charge in [0, 0.05) is 12.2 Å². The Balaban J connectivity index is 2.03. The first kappa shape index (κ1) is 15.1. The second-order valence-corrected chi connectivity index (χ2v) is 7.79. The summed E-state index contributed by atoms with van der Waals surface area (Å²) in [6.07, 6.45) is 5.37. The number of nitrogens with two attached hydrogens (primary N) is 1. The average molecular weight is 299 g/mol. The lowest BCUT2D eigenvalue weighted by atomic mass is 9.75. The van der Waals surface area contributed by atoms with Gasteiger partial charge < -0.3 is 10.3 Å². The van der Waals surface area contributed by atoms with Crippen LogP contribution in [0.25, 0.3) is 0 Å². The van der Waals surface area contributed by atoms with Crippen LogP contribution in [0.5, 0.6) is 0 Å². The molecule has 112 valence electrons. The van der Waals surface area contributed by atoms with E-state index in [1.54, 1.807) is 0 Å². The zero-order valence-electron chi connectivity index (χ0n) is 11.8. The summed E-state index contributed by atoms with van der Waals surface area (Å²) in [5, 5.41) is 7.96. The lowest BCUT2D eigenvalue weighted by Gasteiger charge is -2.35. The van der Waals surface area contributed by atoms with Crippen LogP contribution in [0.3, 0.4) is 0 Å². The summed E-state index contributed by atoms with van der Waals surface area (Å²) in [4.78, 5) is 14.7. The number of hydrogen-bond donors (Lipinski definition) is 3. The van der Waals surface area contributed by atoms with Gasteiger partial charge in [0.05, 0.1) is 4.90 Å². The minimum Gasteiger partial charge on any atom is -0.356 e. The van der Waals surface area contributed by atoms with E-state index >= 15 is 0 Å². The van der Waals surface area contributed by atoms with Crippen molar-refractivity contribution < 1.29 is 13.2 Å². The molecular weight excluding hydrogens is 278 g/mol. The van der Waals surface area contributed by atoms with Gasteiger partial charge >= 0.3 is 0 Å². The monoisotopic (exact) mass is 299 g/mol. The molecule has 1 aromatic heterocycles. The average Bonchev–Trinajstić information content (AvgIpc) is 2.76. The number of carbonyl (C=O) groups excluding carboxylic acids is 1. The molecule has 0 aliphatic heterocycles. The highest BCUT2D eigenvalue weighted by atomic mass is 32.2. The number of carbonyl (C=O) groups is 1. The van der Waals surface area contributed by atoms with Gasteiger partial charge in [-0.25, -0.2) is 13.6 Å². The third-order valence-corrected chi connectivity index (χ3v) is 4.66. The summed E-state index contributed by atoms with van der Waals surface area (Å²) in [5.74, 6) is -0.289. The molecule has 1 fully saturated rings. The molecule has 1 saturated carbocycles. The highest BCUT2D eigenvalue weighted by Gasteiger charge is 2.29. The minimum atomic E-state index is -3.78. The number of H-pyrrole nitrogens is 1. The SMILES string of the molecule is CC1(C)CCCC(NC(=O)c2cc(S(N)(=O)=O)c[nH]2)C1. The van der Waals surface area contributed by atoms with Crippen molar-refractivity contribution >= 4 is 15.9 Å². The van der Waals surface area contributed by atoms with E-state index in [-0.39, 0.29) is 28.0 Å². The molecule has 1 heterocycles. The molecule has 0 radical (unpaired) electrons. The predicted molar refractivity (Wildman–Crippen MR) is 75.7 cm³/mol. The third-order valence-electron chi connectivity index (χ3n) is 3.77. The first-order chi connectivity index (χ1) is 9.17. The second-order valence-electron chi connectivity index (χ2n) is 6.23. The van der Waals surface area contributed by atoms with Gasteiger partial charge in [-0.05, 0) is 30.7 Å². The summed E-state index contributed by atoms with van der Waals surface area (Å²) < 4.78 is 22.3. The second kappa shape index (κ2) is 5.21. The van der Waals surface area contributed by atoms with E-state index in [2.05, 4.69) is 24.1 Å². The molecule has 4 N–H and O–H groups in total. The highest BCUT2D eigenvalue weighted by Crippen LogP contribution is 2.35. The topological polar surface area (TPSA) is 105 Å². The fraction of sp³-hybridized carbons (Fsp3) is 0.615. The van der Waals surface area contributed by atoms with Crippen LogP contribution in [0.1, 0.15) is 50.0 Å². The number of rotatable bonds is 3. The molecule has 1 atom stereocenters. The van der Waals surface area contributed by atoms with Crippen LogP contribution in [0.15, 0.2) is 17.2 Å². The van der Waals surface area contributed by atoms with Crippen molar-refractivity contribution in [1.82, 2.24) is 10.3 Å². The Morgan fingerprint density at radius 1 is 1.50 bits per heavy atom. The van der Waals surface area contributed by atoms with Crippen LogP contribution in [0, 0.1) is 5.41 Å². The van der Waals surface area contributed by atoms with Gasteiger partial charge in [-0.2, -0.15) is 0 Å². The molecule has 1 aromatic rings. The normalized spacial score (nSPS) is 22.4. The zero-order chi connectivity index (χ0) is 15.0. The molecule has 0 aromatic carbocycles. The lowest BCUT2D eigenvalue weighted by Crippen LogP contribution is -2.40. The van der Waals surface area contributed by atoms with Crippen LogP contribution in [-0.2, 0) is 10.0 Å². The Kier molecular flexibility index (Phi) is 3.93. The summed E-state index contributed by atoms with van der Waals surface area (Å²) in [6.45, 7) is 4.39. The molecule has 0 bridgehead atoms. The standard InChI is InChI=1S/C13H21N3O3S/c1-13(2)5-3-4-9(7-13)16-12(17)11-6-10(8-15-11)20(14,18)19/h6,8-9,15H,3-5,7H2,1-2H3,(H,16,17)(H2,14,18,19). The van der Waals surface area contributed by atoms with Crippen molar-refractivity contribution in [2.45, 2.75) is 50.5 Å². The Hall–Kier alpha value is -1.34. The summed E-state index contributed by atoms with van der Waals surface area (Å²) in [7, 11) is -3.78. The first-order valence-electron chi connectivity index (χ1n) is 6.69. The largest absolute Gasteiger partial charge is 0.356 e. The number of aromatic amines is 1. The molecule has 6 nitrogen and oxygen atoms in total. The van der Waals surface area contributed by atoms with Crippen LogP contribution in [-0.4, -0.2) is 25.4 Å². The summed E-state index contributed by atoms with van der Waals surface area (Å²) in [6, 6.07) is 1.39. The van der Waals surface area contributed by atoms with Crippen molar-refractivity contribution in [2.24, 2.45) is 10.6 Å². The maximum absolute atomic E-state index is 12.1. The Morgan fingerprint density at radius 3 is 2.75 bits per heavy atom. The number of nitrogens with one attached hydrogen (secondary N) is 2. The number of amides is 1. The molecule has 0 saturated heterocycles. The number of hydrogen-bond acceptors (Lipinski definition) is 3. The molecule has 1 aliphatic rings. The Morgan fingerprint density at radius 2 is 2.20 bits per heavy atom. The minimum absolute atomic E-state index is 0.0772. The molecule has 1 amide bonds. The first-order valence-corrected chi connectivity index (χ1v) is 8.24. The number of sulfonamides is 1. The number of primary sulfonamides is 1. The van der Waals surface area contributed by atoms with Crippen molar-refractivity contribution in [3.05, 3.63) is 18.0 Å². The summed E-state index contributed by atoms with van der Waals surface area (Å²) in [5.41, 5.74) is 0.454. The quantitative estimate of drug-likeness (QED) is 0.784. The van der Waals surface area contributed by atoms with Crippen molar-refractivity contribution in [2.75, 3.05) is 0 Å². The van der Waals surface area contributed by atoms with Crippen molar-refractivity contribution in [1.29, 1.82) is 0 Å². The molecule has 1 aliphatic carbocycles. The number of aromatic nitrogens is 1. The van der Waals surface area contributed by atoms with Gasteiger partial charge in [-0.3, -0.25) is 4.79 Å². The van der Waals surface area contributed by atoms with Crippen LogP contribution < -0.4 is 10.5 Å². The predicted octanol–water partition coefficient (Wildman–Crippen LogP) is 1.36. The van der Waals surface area contributed by atoms with Crippen molar-refractivity contribution in [3.63, 3.8) is 0 Å². The van der Waals surface area contributed by atoms with Crippen LogP contribution in [0.4, 0.5) is 0 Å². The van der Waals surface area contributed by atoms with E-state index in [0.29, 0.717) is 0 Å². The van der Waals surface area contributed by atoms with E-state index < -0.39 is 10.0 Å². The van der Waals surface area contributed by atoms with Gasteiger partial charge in [0.25, 0.3) is 5.91 Å². The van der Waals surface area contributed by atoms with Crippen molar-refractivity contribution in [3.8, 4) is 0 Å². The zero-order valence-corrected chi connectivity index (χ0v) is 12.6. The van der Waals surface area contributed by atoms with E-state index in [4.69, 9.17) is 5.14 Å². The summed E-state index contributed by atoms with van der Waals surface area (Å²) >= 11 is 0. The van der Waals surface area contributed by atoms with Crippen LogP contribution in [0.2, 0.25) is 0 Å². The molecule has 1 unspecified atom stereocenters. The van der Waals surface area contributed by atoms with Crippen LogP contribution >= 0.6 is 0 Å². The van der Waals surface area contributed by atoms with Gasteiger partial charge in [0.2, 0.25) is 10.0 Å². The maximum atomic E-state index is 12.1. The van der Waals surface area contributed by atoms with Gasteiger partial charge in [0.1, 0.15) is 5.69 Å². The highest BCUT2D eigenvalue weighted by molar-refractivity contribution is 7.89. The fourth-order valence-corrected chi connectivity index (χ4v) is 3.26. The lowest BCUT2D eigenvalue weighted by molar-refractivity contribution is 0.0898. The third kappa shape index (κ3) is 3.61. The molecule has 7 heteroatoms. The van der Waals surface area contributed by atoms with Gasteiger partial charge in [-0.15, -0.1) is 0 Å². The van der Waals surface area contributed by atoms with E-state index in [1.807, 2.05) is 0 Å². The van der Waals surface area contributed by atoms with E-state index in [1.165, 1.54) is 12.3 Å². The molecular formula is C13H21N3O3S. The van der Waals surface area contributed by atoms with E-state index in [0.717, 1.165) is 25.7 Å². The molecule has 0 spiro atoms. The Labute approximate surface area is 119 Å². The molecule has 2 rings (SSSR count). The molecule has 20 heavy (non-hydrogen) atoms. The van der Waals surface area contributed by atoms with Gasteiger partial charge in [-0.1, -0.05) is 20.3 Å².